The highest BCUT2D eigenvalue weighted by Gasteiger charge is 2.46. The average Bonchev–Trinajstić information content (AvgIpc) is 3.23. The van der Waals surface area contributed by atoms with Crippen LogP contribution in [0.1, 0.15) is 80.0 Å². The van der Waals surface area contributed by atoms with Gasteiger partial charge in [0, 0.05) is 18.2 Å². The quantitative estimate of drug-likeness (QED) is 0.482. The van der Waals surface area contributed by atoms with Gasteiger partial charge >= 0.3 is 0 Å². The molecule has 2 unspecified atom stereocenters. The molecule has 33 heavy (non-hydrogen) atoms. The zero-order valence-corrected chi connectivity index (χ0v) is 20.4. The second-order valence-corrected chi connectivity index (χ2v) is 10.0. The Morgan fingerprint density at radius 1 is 1.03 bits per heavy atom. The average molecular weight is 443 g/mol. The van der Waals surface area contributed by atoms with Crippen LogP contribution in [0.15, 0.2) is 51.6 Å². The van der Waals surface area contributed by atoms with Gasteiger partial charge in [0.05, 0.1) is 17.2 Å². The Labute approximate surface area is 196 Å². The molecule has 0 saturated heterocycles. The van der Waals surface area contributed by atoms with Crippen LogP contribution in [0.25, 0.3) is 0 Å². The van der Waals surface area contributed by atoms with Crippen molar-refractivity contribution < 1.29 is 4.79 Å². The number of hydrogen-bond acceptors (Lipinski definition) is 5. The maximum absolute atomic E-state index is 10.9. The number of aryl methyl sites for hydroxylation is 3. The van der Waals surface area contributed by atoms with E-state index in [1.165, 1.54) is 27.8 Å². The molecule has 0 aromatic heterocycles. The lowest BCUT2D eigenvalue weighted by Crippen LogP contribution is -2.43. The number of hydrogen-bond donors (Lipinski definition) is 1. The van der Waals surface area contributed by atoms with Crippen LogP contribution in [-0.4, -0.2) is 23.5 Å². The molecule has 1 aliphatic heterocycles. The normalized spacial score (nSPS) is 21.3. The molecule has 0 saturated carbocycles. The molecule has 1 aliphatic carbocycles. The molecule has 2 aromatic rings. The van der Waals surface area contributed by atoms with E-state index in [1.807, 2.05) is 6.92 Å². The van der Waals surface area contributed by atoms with Crippen molar-refractivity contribution >= 4 is 17.5 Å². The van der Waals surface area contributed by atoms with E-state index in [-0.39, 0.29) is 12.1 Å². The molecular formula is C28H34N4O. The fourth-order valence-corrected chi connectivity index (χ4v) is 5.46. The molecule has 2 aromatic carbocycles. The van der Waals surface area contributed by atoms with Crippen LogP contribution in [0, 0.1) is 12.8 Å². The van der Waals surface area contributed by atoms with Crippen LogP contribution >= 0.6 is 0 Å². The maximum atomic E-state index is 10.9. The Hall–Kier alpha value is -2.88. The van der Waals surface area contributed by atoms with E-state index in [4.69, 9.17) is 10.8 Å². The Morgan fingerprint density at radius 2 is 1.70 bits per heavy atom. The van der Waals surface area contributed by atoms with Gasteiger partial charge in [-0.2, -0.15) is 15.2 Å². The van der Waals surface area contributed by atoms with Crippen LogP contribution in [0.3, 0.4) is 0 Å². The van der Waals surface area contributed by atoms with Crippen LogP contribution in [0.5, 0.6) is 0 Å². The number of carbonyl (C=O) groups excluding carboxylic acids is 1. The Kier molecular flexibility index (Phi) is 6.47. The Morgan fingerprint density at radius 3 is 2.30 bits per heavy atom. The van der Waals surface area contributed by atoms with Gasteiger partial charge in [-0.1, -0.05) is 55.8 Å². The summed E-state index contributed by atoms with van der Waals surface area (Å²) in [5.41, 5.74) is 15.8. The van der Waals surface area contributed by atoms with Crippen molar-refractivity contribution in [1.29, 1.82) is 0 Å². The molecule has 1 heterocycles. The molecule has 5 heteroatoms. The van der Waals surface area contributed by atoms with Crippen molar-refractivity contribution in [2.45, 2.75) is 77.8 Å². The van der Waals surface area contributed by atoms with Gasteiger partial charge in [0.2, 0.25) is 6.08 Å². The summed E-state index contributed by atoms with van der Waals surface area (Å²) < 4.78 is 0. The third kappa shape index (κ3) is 4.23. The first-order valence-electron chi connectivity index (χ1n) is 12.0. The standard InChI is InChI=1S/C28H34N4O/c1-17(2)26-14-27(32-31-26)28(15-19(4)29)24-10-6-18(3)12-22(24)7-8-23-13-21(9-11-25(23)28)20(5)30-16-33/h6,9-13,17,19-20H,7-8,14-15,29H2,1-5H3/t19-,20?,28?/m1/s1. The second kappa shape index (κ2) is 9.17. The number of benzene rings is 2. The van der Waals surface area contributed by atoms with Gasteiger partial charge in [0.1, 0.15) is 0 Å². The molecule has 5 nitrogen and oxygen atoms in total. The lowest BCUT2D eigenvalue weighted by molar-refractivity contribution is 0.535. The summed E-state index contributed by atoms with van der Waals surface area (Å²) >= 11 is 0. The first kappa shape index (κ1) is 23.3. The van der Waals surface area contributed by atoms with Crippen LogP contribution in [0.4, 0.5) is 0 Å². The number of fused-ring (bicyclic) bond motifs is 2. The van der Waals surface area contributed by atoms with Gasteiger partial charge in [-0.15, -0.1) is 0 Å². The van der Waals surface area contributed by atoms with Crippen LogP contribution < -0.4 is 5.73 Å². The fraction of sp³-hybridized carbons (Fsp3) is 0.464. The van der Waals surface area contributed by atoms with E-state index in [2.05, 4.69) is 74.2 Å². The summed E-state index contributed by atoms with van der Waals surface area (Å²) in [6.45, 7) is 10.5. The van der Waals surface area contributed by atoms with E-state index in [0.29, 0.717) is 5.92 Å². The maximum Gasteiger partial charge on any atom is 0.235 e. The third-order valence-corrected chi connectivity index (χ3v) is 7.14. The van der Waals surface area contributed by atoms with E-state index < -0.39 is 5.41 Å². The third-order valence-electron chi connectivity index (χ3n) is 7.14. The molecule has 2 N–H and O–H groups in total. The smallest absolute Gasteiger partial charge is 0.235 e. The van der Waals surface area contributed by atoms with Crippen LogP contribution in [-0.2, 0) is 23.1 Å². The molecule has 0 fully saturated rings. The fourth-order valence-electron chi connectivity index (χ4n) is 5.46. The molecule has 172 valence electrons. The predicted octanol–water partition coefficient (Wildman–Crippen LogP) is 5.37. The summed E-state index contributed by atoms with van der Waals surface area (Å²) in [4.78, 5) is 14.8. The van der Waals surface area contributed by atoms with E-state index >= 15 is 0 Å². The highest BCUT2D eigenvalue weighted by Crippen LogP contribution is 2.46. The highest BCUT2D eigenvalue weighted by atomic mass is 16.1. The van der Waals surface area contributed by atoms with Gasteiger partial charge in [0.25, 0.3) is 0 Å². The van der Waals surface area contributed by atoms with Gasteiger partial charge in [-0.25, -0.2) is 4.79 Å². The number of rotatable bonds is 6. The minimum atomic E-state index is -0.432. The first-order chi connectivity index (χ1) is 15.8. The lowest BCUT2D eigenvalue weighted by Gasteiger charge is -2.38. The number of isocyanates is 1. The monoisotopic (exact) mass is 442 g/mol. The molecule has 2 aliphatic rings. The Balaban J connectivity index is 1.98. The zero-order chi connectivity index (χ0) is 23.8. The first-order valence-corrected chi connectivity index (χ1v) is 12.0. The van der Waals surface area contributed by atoms with Crippen molar-refractivity contribution in [3.8, 4) is 0 Å². The second-order valence-electron chi connectivity index (χ2n) is 10.0. The van der Waals surface area contributed by atoms with Crippen LogP contribution in [0.2, 0.25) is 0 Å². The summed E-state index contributed by atoms with van der Waals surface area (Å²) in [5, 5.41) is 9.43. The number of aliphatic imine (C=N–C) groups is 1. The Bertz CT molecular complexity index is 1170. The minimum Gasteiger partial charge on any atom is -0.328 e. The van der Waals surface area contributed by atoms with E-state index in [0.717, 1.165) is 42.7 Å². The summed E-state index contributed by atoms with van der Waals surface area (Å²) in [6.07, 6.45) is 5.10. The summed E-state index contributed by atoms with van der Waals surface area (Å²) in [7, 11) is 0. The van der Waals surface area contributed by atoms with Gasteiger partial charge < -0.3 is 5.73 Å². The van der Waals surface area contributed by atoms with Crippen molar-refractivity contribution in [3.05, 3.63) is 69.8 Å². The van der Waals surface area contributed by atoms with E-state index in [9.17, 15) is 4.79 Å². The molecule has 0 radical (unpaired) electrons. The molecule has 4 rings (SSSR count). The summed E-state index contributed by atoms with van der Waals surface area (Å²) in [5.74, 6) is 0.353. The lowest BCUT2D eigenvalue weighted by atomic mass is 9.64. The van der Waals surface area contributed by atoms with Gasteiger partial charge in [-0.05, 0) is 73.8 Å². The van der Waals surface area contributed by atoms with Gasteiger partial charge in [0.15, 0.2) is 0 Å². The van der Waals surface area contributed by atoms with Crippen molar-refractivity contribution in [3.63, 3.8) is 0 Å². The largest absolute Gasteiger partial charge is 0.328 e. The van der Waals surface area contributed by atoms with E-state index in [1.54, 1.807) is 6.08 Å². The summed E-state index contributed by atoms with van der Waals surface area (Å²) in [6, 6.07) is 13.1. The van der Waals surface area contributed by atoms with Crippen molar-refractivity contribution in [2.24, 2.45) is 26.8 Å². The molecule has 0 spiro atoms. The van der Waals surface area contributed by atoms with Gasteiger partial charge in [-0.3, -0.25) is 0 Å². The minimum absolute atomic E-state index is 0.0193. The molecule has 3 atom stereocenters. The van der Waals surface area contributed by atoms with Crippen molar-refractivity contribution in [1.82, 2.24) is 0 Å². The molecular weight excluding hydrogens is 408 g/mol. The number of nitrogens with zero attached hydrogens (tertiary/aromatic N) is 3. The molecule has 0 bridgehead atoms. The predicted molar refractivity (Wildman–Crippen MR) is 135 cm³/mol. The van der Waals surface area contributed by atoms with Crippen molar-refractivity contribution in [2.75, 3.05) is 0 Å². The topological polar surface area (TPSA) is 80.2 Å². The zero-order valence-electron chi connectivity index (χ0n) is 20.4. The highest BCUT2D eigenvalue weighted by molar-refractivity contribution is 6.14. The SMILES string of the molecule is Cc1ccc2c(c1)CCc1cc(C(C)N=C=O)ccc1C2(C[C@@H](C)N)C1=NN=C(C(C)C)C1. The molecule has 0 amide bonds. The number of nitrogens with two attached hydrogens (primary N) is 1.